The van der Waals surface area contributed by atoms with E-state index in [4.69, 9.17) is 5.32 Å². The van der Waals surface area contributed by atoms with Gasteiger partial charge in [0.25, 0.3) is 0 Å². The normalized spacial score (nSPS) is 16.6. The monoisotopic (exact) mass is 485 g/mol. The van der Waals surface area contributed by atoms with E-state index >= 15 is 0 Å². The van der Waals surface area contributed by atoms with Gasteiger partial charge < -0.3 is 12.2 Å². The maximum absolute atomic E-state index is 4.92. The molecule has 2 fully saturated rings. The van der Waals surface area contributed by atoms with Crippen LogP contribution in [0.4, 0.5) is 5.69 Å². The standard InChI is InChI=1S/C19H23N.2C5H5.Zr/c1-3-4-11-16(2)19(17-12-7-5-8-13-17)20-18-14-9-6-10-15-18;2*1-2-4-5-3-1;/h5-10,12-16,19H,2-4,11H2,1H3;2*1-5H;/q-2;;;+4/t16-,19+;;;/m1.../s1. The van der Waals surface area contributed by atoms with E-state index in [1.807, 2.05) is 88.5 Å². The average molecular weight is 487 g/mol. The number of unbranched alkanes of at least 4 members (excludes halogenated alkanes) is 1. The molecular weight excluding hydrogens is 454 g/mol. The zero-order chi connectivity index (χ0) is 21.3. The molecule has 1 nitrogen and oxygen atoms in total. The van der Waals surface area contributed by atoms with Crippen molar-refractivity contribution in [3.8, 4) is 0 Å². The molecular formula is C29H33NZr+2. The Balaban J connectivity index is 0.000000356. The number of nitrogens with zero attached hydrogens (tertiary/aromatic N) is 1. The van der Waals surface area contributed by atoms with Gasteiger partial charge in [0.05, 0.1) is 0 Å². The van der Waals surface area contributed by atoms with E-state index in [1.54, 1.807) is 0 Å². The quantitative estimate of drug-likeness (QED) is 0.351. The fourth-order valence-electron chi connectivity index (χ4n) is 3.04. The molecule has 2 aliphatic carbocycles. The Bertz CT molecular complexity index is 594. The molecule has 0 amide bonds. The third kappa shape index (κ3) is 12.7. The Morgan fingerprint density at radius 1 is 0.677 bits per heavy atom. The first-order valence-electron chi connectivity index (χ1n) is 10.8. The van der Waals surface area contributed by atoms with Gasteiger partial charge in [-0.15, -0.1) is 11.7 Å². The van der Waals surface area contributed by atoms with E-state index in [-0.39, 0.29) is 32.2 Å². The van der Waals surface area contributed by atoms with Crippen molar-refractivity contribution in [2.75, 3.05) is 0 Å². The molecule has 0 aliphatic heterocycles. The van der Waals surface area contributed by atoms with E-state index in [9.17, 15) is 0 Å². The molecule has 156 valence electrons. The van der Waals surface area contributed by atoms with Crippen molar-refractivity contribution in [1.29, 1.82) is 0 Å². The molecule has 0 spiro atoms. The van der Waals surface area contributed by atoms with E-state index in [0.29, 0.717) is 5.92 Å². The molecule has 31 heavy (non-hydrogen) atoms. The number of hydrogen-bond donors (Lipinski definition) is 0. The van der Waals surface area contributed by atoms with Crippen LogP contribution in [0.25, 0.3) is 5.32 Å². The van der Waals surface area contributed by atoms with Crippen LogP contribution in [0.15, 0.2) is 60.7 Å². The fourth-order valence-corrected chi connectivity index (χ4v) is 3.04. The second-order valence-electron chi connectivity index (χ2n) is 7.15. The molecule has 2 aromatic carbocycles. The summed E-state index contributed by atoms with van der Waals surface area (Å²) in [5, 5.41) is 4.92. The van der Waals surface area contributed by atoms with Crippen molar-refractivity contribution in [2.45, 2.75) is 32.2 Å². The number of hydrogen-bond acceptors (Lipinski definition) is 0. The van der Waals surface area contributed by atoms with Crippen LogP contribution in [0.3, 0.4) is 0 Å². The molecule has 0 heterocycles. The van der Waals surface area contributed by atoms with Crippen molar-refractivity contribution in [1.82, 2.24) is 0 Å². The van der Waals surface area contributed by atoms with Gasteiger partial charge in [-0.05, 0) is 64.2 Å². The summed E-state index contributed by atoms with van der Waals surface area (Å²) in [5.41, 5.74) is 2.29. The van der Waals surface area contributed by atoms with Crippen molar-refractivity contribution < 1.29 is 26.2 Å². The Morgan fingerprint density at radius 3 is 1.52 bits per heavy atom. The fraction of sp³-hybridized carbons (Fsp3) is 0.207. The summed E-state index contributed by atoms with van der Waals surface area (Å²) in [6.45, 7) is 6.58. The predicted molar refractivity (Wildman–Crippen MR) is 130 cm³/mol. The summed E-state index contributed by atoms with van der Waals surface area (Å²) >= 11 is 0. The van der Waals surface area contributed by atoms with Crippen LogP contribution in [0.2, 0.25) is 0 Å². The Labute approximate surface area is 211 Å². The first-order valence-corrected chi connectivity index (χ1v) is 10.8. The molecule has 0 bridgehead atoms. The zero-order valence-corrected chi connectivity index (χ0v) is 20.9. The summed E-state index contributed by atoms with van der Waals surface area (Å²) < 4.78 is 0. The molecule has 0 unspecified atom stereocenters. The van der Waals surface area contributed by atoms with Gasteiger partial charge in [-0.2, -0.15) is 5.92 Å². The second kappa shape index (κ2) is 18.7. The number of benzene rings is 2. The van der Waals surface area contributed by atoms with Crippen molar-refractivity contribution in [2.24, 2.45) is 5.92 Å². The summed E-state index contributed by atoms with van der Waals surface area (Å²) in [4.78, 5) is 0. The molecule has 2 aromatic rings. The second-order valence-corrected chi connectivity index (χ2v) is 7.15. The summed E-state index contributed by atoms with van der Waals surface area (Å²) in [6, 6.07) is 20.9. The van der Waals surface area contributed by atoms with Gasteiger partial charge in [-0.3, -0.25) is 0 Å². The minimum absolute atomic E-state index is 0. The third-order valence-electron chi connectivity index (χ3n) is 4.67. The average Bonchev–Trinajstić information content (AvgIpc) is 3.56. The molecule has 2 atom stereocenters. The molecule has 10 radical (unpaired) electrons. The number of para-hydroxylation sites is 1. The van der Waals surface area contributed by atoms with Gasteiger partial charge in [0.15, 0.2) is 0 Å². The topological polar surface area (TPSA) is 14.1 Å². The van der Waals surface area contributed by atoms with Gasteiger partial charge in [-0.1, -0.05) is 92.4 Å². The summed E-state index contributed by atoms with van der Waals surface area (Å²) in [7, 11) is 0. The van der Waals surface area contributed by atoms with E-state index in [0.717, 1.165) is 12.1 Å². The predicted octanol–water partition coefficient (Wildman–Crippen LogP) is 8.11. The number of rotatable bonds is 7. The SMILES string of the molecule is [CH2-][C@H](CCCC)[C@H]([N-]c1ccccc1)c1ccccc1.[CH]1[CH][CH][CH][CH]1.[CH]1[CH][CH][CH][CH]1.[Zr+4]. The van der Waals surface area contributed by atoms with Crippen LogP contribution in [0.5, 0.6) is 0 Å². The van der Waals surface area contributed by atoms with E-state index in [2.05, 4.69) is 50.2 Å². The van der Waals surface area contributed by atoms with Crippen LogP contribution < -0.4 is 0 Å². The third-order valence-corrected chi connectivity index (χ3v) is 4.67. The van der Waals surface area contributed by atoms with Crippen molar-refractivity contribution in [3.63, 3.8) is 0 Å². The Morgan fingerprint density at radius 2 is 1.10 bits per heavy atom. The Kier molecular flexibility index (Phi) is 17.0. The van der Waals surface area contributed by atoms with Crippen LogP contribution in [-0.4, -0.2) is 0 Å². The molecule has 2 saturated carbocycles. The Hall–Kier alpha value is -0.877. The minimum Gasteiger partial charge on any atom is -0.680 e. The molecule has 0 N–H and O–H groups in total. The minimum atomic E-state index is 0. The molecule has 0 aromatic heterocycles. The molecule has 2 aliphatic rings. The van der Waals surface area contributed by atoms with Crippen LogP contribution >= 0.6 is 0 Å². The maximum Gasteiger partial charge on any atom is 4.00 e. The van der Waals surface area contributed by atoms with Crippen molar-refractivity contribution in [3.05, 3.63) is 143 Å². The van der Waals surface area contributed by atoms with Gasteiger partial charge in [0.1, 0.15) is 0 Å². The zero-order valence-electron chi connectivity index (χ0n) is 18.5. The first-order chi connectivity index (χ1) is 14.8. The molecule has 0 saturated heterocycles. The maximum atomic E-state index is 4.92. The first kappa shape index (κ1) is 28.2. The largest absolute Gasteiger partial charge is 4.00 e. The van der Waals surface area contributed by atoms with Gasteiger partial charge in [0, 0.05) is 0 Å². The van der Waals surface area contributed by atoms with Crippen LogP contribution in [0, 0.1) is 77.0 Å². The molecule has 4 rings (SSSR count). The van der Waals surface area contributed by atoms with Crippen molar-refractivity contribution >= 4 is 5.69 Å². The summed E-state index contributed by atoms with van der Waals surface area (Å²) in [6.07, 6.45) is 23.5. The van der Waals surface area contributed by atoms with Gasteiger partial charge in [0.2, 0.25) is 0 Å². The smallest absolute Gasteiger partial charge is 0.680 e. The van der Waals surface area contributed by atoms with Crippen LogP contribution in [0.1, 0.15) is 37.8 Å². The van der Waals surface area contributed by atoms with Gasteiger partial charge >= 0.3 is 26.2 Å². The van der Waals surface area contributed by atoms with E-state index in [1.165, 1.54) is 18.4 Å². The van der Waals surface area contributed by atoms with Crippen LogP contribution in [-0.2, 0) is 26.2 Å². The van der Waals surface area contributed by atoms with E-state index < -0.39 is 0 Å². The summed E-state index contributed by atoms with van der Waals surface area (Å²) in [5.74, 6) is 0.317. The molecule has 2 heteroatoms. The van der Waals surface area contributed by atoms with Gasteiger partial charge in [-0.25, -0.2) is 0 Å².